The predicted molar refractivity (Wildman–Crippen MR) is 106 cm³/mol. The molecule has 0 saturated heterocycles. The lowest BCUT2D eigenvalue weighted by atomic mass is 10.2. The standard InChI is InChI=1S/C22H17F3N2O3/c23-22(24,25)16-8-4-9-17(12-16)26-20(28)14-30-19-11-5-10-18(13-19)27-21(29)15-6-2-1-3-7-15/h1-13H,14H2,(H,26,28)(H,27,29). The number of anilines is 2. The Morgan fingerprint density at radius 3 is 2.17 bits per heavy atom. The molecular formula is C22H17F3N2O3. The highest BCUT2D eigenvalue weighted by molar-refractivity contribution is 6.04. The van der Waals surface area contributed by atoms with Crippen molar-refractivity contribution in [1.29, 1.82) is 0 Å². The molecule has 3 aromatic carbocycles. The van der Waals surface area contributed by atoms with E-state index >= 15 is 0 Å². The second-order valence-electron chi connectivity index (χ2n) is 6.26. The molecule has 3 rings (SSSR count). The highest BCUT2D eigenvalue weighted by Crippen LogP contribution is 2.30. The molecule has 0 atom stereocenters. The van der Waals surface area contributed by atoms with Crippen LogP contribution >= 0.6 is 0 Å². The Kier molecular flexibility index (Phi) is 6.36. The van der Waals surface area contributed by atoms with Gasteiger partial charge >= 0.3 is 6.18 Å². The van der Waals surface area contributed by atoms with Gasteiger partial charge in [0, 0.05) is 23.0 Å². The number of carbonyl (C=O) groups is 2. The molecule has 0 bridgehead atoms. The van der Waals surface area contributed by atoms with Gasteiger partial charge in [0.05, 0.1) is 5.56 Å². The largest absolute Gasteiger partial charge is 0.484 e. The van der Waals surface area contributed by atoms with Gasteiger partial charge in [-0.15, -0.1) is 0 Å². The van der Waals surface area contributed by atoms with E-state index in [9.17, 15) is 22.8 Å². The molecular weight excluding hydrogens is 397 g/mol. The van der Waals surface area contributed by atoms with Gasteiger partial charge in [-0.1, -0.05) is 30.3 Å². The summed E-state index contributed by atoms with van der Waals surface area (Å²) in [6.07, 6.45) is -4.50. The zero-order chi connectivity index (χ0) is 21.6. The smallest absolute Gasteiger partial charge is 0.416 e. The molecule has 3 aromatic rings. The number of ether oxygens (including phenoxy) is 1. The van der Waals surface area contributed by atoms with Crippen molar-refractivity contribution < 1.29 is 27.5 Å². The van der Waals surface area contributed by atoms with Gasteiger partial charge in [-0.05, 0) is 42.5 Å². The fraction of sp³-hybridized carbons (Fsp3) is 0.0909. The van der Waals surface area contributed by atoms with E-state index in [1.165, 1.54) is 12.1 Å². The highest BCUT2D eigenvalue weighted by Gasteiger charge is 2.30. The van der Waals surface area contributed by atoms with Crippen LogP contribution in [-0.2, 0) is 11.0 Å². The van der Waals surface area contributed by atoms with Crippen molar-refractivity contribution in [1.82, 2.24) is 0 Å². The Morgan fingerprint density at radius 2 is 1.47 bits per heavy atom. The van der Waals surface area contributed by atoms with Crippen molar-refractivity contribution in [2.24, 2.45) is 0 Å². The molecule has 8 heteroatoms. The number of nitrogens with one attached hydrogen (secondary N) is 2. The average Bonchev–Trinajstić information content (AvgIpc) is 2.73. The summed E-state index contributed by atoms with van der Waals surface area (Å²) in [5, 5.41) is 5.08. The normalized spacial score (nSPS) is 10.9. The summed E-state index contributed by atoms with van der Waals surface area (Å²) < 4.78 is 43.6. The lowest BCUT2D eigenvalue weighted by molar-refractivity contribution is -0.137. The molecule has 0 aromatic heterocycles. The maximum atomic E-state index is 12.7. The predicted octanol–water partition coefficient (Wildman–Crippen LogP) is 4.98. The van der Waals surface area contributed by atoms with E-state index in [1.54, 1.807) is 54.6 Å². The molecule has 0 aliphatic carbocycles. The minimum atomic E-state index is -4.50. The van der Waals surface area contributed by atoms with Gasteiger partial charge in [0.1, 0.15) is 5.75 Å². The molecule has 0 saturated carbocycles. The van der Waals surface area contributed by atoms with Gasteiger partial charge in [0.25, 0.3) is 11.8 Å². The molecule has 0 aliphatic heterocycles. The first-order valence-corrected chi connectivity index (χ1v) is 8.87. The van der Waals surface area contributed by atoms with E-state index in [0.717, 1.165) is 12.1 Å². The first-order valence-electron chi connectivity index (χ1n) is 8.87. The Morgan fingerprint density at radius 1 is 0.800 bits per heavy atom. The summed E-state index contributed by atoms with van der Waals surface area (Å²) in [6, 6.07) is 19.4. The number of hydrogen-bond donors (Lipinski definition) is 2. The van der Waals surface area contributed by atoms with Crippen molar-refractivity contribution in [3.8, 4) is 5.75 Å². The Bertz CT molecular complexity index is 1040. The summed E-state index contributed by atoms with van der Waals surface area (Å²) in [5.41, 5.74) is 0.120. The van der Waals surface area contributed by atoms with Crippen LogP contribution in [0.2, 0.25) is 0 Å². The lowest BCUT2D eigenvalue weighted by Gasteiger charge is -2.11. The quantitative estimate of drug-likeness (QED) is 0.598. The van der Waals surface area contributed by atoms with Gasteiger partial charge in [0.15, 0.2) is 6.61 Å². The van der Waals surface area contributed by atoms with E-state index in [2.05, 4.69) is 10.6 Å². The monoisotopic (exact) mass is 414 g/mol. The van der Waals surface area contributed by atoms with Gasteiger partial charge in [0.2, 0.25) is 0 Å². The Hall–Kier alpha value is -3.81. The topological polar surface area (TPSA) is 67.4 Å². The fourth-order valence-electron chi connectivity index (χ4n) is 2.58. The molecule has 2 amide bonds. The number of alkyl halides is 3. The molecule has 154 valence electrons. The minimum absolute atomic E-state index is 0.0160. The van der Waals surface area contributed by atoms with Gasteiger partial charge in [-0.25, -0.2) is 0 Å². The van der Waals surface area contributed by atoms with Crippen molar-refractivity contribution in [3.63, 3.8) is 0 Å². The Labute approximate surface area is 170 Å². The maximum absolute atomic E-state index is 12.7. The first kappa shape index (κ1) is 20.9. The number of amides is 2. The molecule has 0 heterocycles. The number of carbonyl (C=O) groups excluding carboxylic acids is 2. The summed E-state index contributed by atoms with van der Waals surface area (Å²) >= 11 is 0. The van der Waals surface area contributed by atoms with Crippen molar-refractivity contribution >= 4 is 23.2 Å². The van der Waals surface area contributed by atoms with Gasteiger partial charge in [-0.3, -0.25) is 9.59 Å². The number of halogens is 3. The molecule has 0 radical (unpaired) electrons. The number of rotatable bonds is 6. The zero-order valence-corrected chi connectivity index (χ0v) is 15.6. The zero-order valence-electron chi connectivity index (χ0n) is 15.6. The third-order valence-corrected chi connectivity index (χ3v) is 3.97. The molecule has 0 fully saturated rings. The second-order valence-corrected chi connectivity index (χ2v) is 6.26. The van der Waals surface area contributed by atoms with E-state index in [4.69, 9.17) is 4.74 Å². The highest BCUT2D eigenvalue weighted by atomic mass is 19.4. The SMILES string of the molecule is O=C(COc1cccc(NC(=O)c2ccccc2)c1)Nc1cccc(C(F)(F)F)c1. The van der Waals surface area contributed by atoms with Crippen LogP contribution in [-0.4, -0.2) is 18.4 Å². The van der Waals surface area contributed by atoms with Crippen LogP contribution in [0.25, 0.3) is 0 Å². The third kappa shape index (κ3) is 5.84. The summed E-state index contributed by atoms with van der Waals surface area (Å²) in [5.74, 6) is -0.594. The van der Waals surface area contributed by atoms with Crippen LogP contribution in [0.1, 0.15) is 15.9 Å². The summed E-state index contributed by atoms with van der Waals surface area (Å²) in [6.45, 7) is -0.410. The van der Waals surface area contributed by atoms with E-state index in [-0.39, 0.29) is 11.6 Å². The van der Waals surface area contributed by atoms with Crippen molar-refractivity contribution in [3.05, 3.63) is 90.0 Å². The van der Waals surface area contributed by atoms with Gasteiger partial charge < -0.3 is 15.4 Å². The van der Waals surface area contributed by atoms with E-state index in [1.807, 2.05) is 0 Å². The van der Waals surface area contributed by atoms with Crippen LogP contribution in [0.15, 0.2) is 78.9 Å². The van der Waals surface area contributed by atoms with Gasteiger partial charge in [-0.2, -0.15) is 13.2 Å². The Balaban J connectivity index is 1.56. The van der Waals surface area contributed by atoms with E-state index in [0.29, 0.717) is 17.0 Å². The van der Waals surface area contributed by atoms with E-state index < -0.39 is 24.3 Å². The maximum Gasteiger partial charge on any atom is 0.416 e. The summed E-state index contributed by atoms with van der Waals surface area (Å²) in [4.78, 5) is 24.2. The number of benzene rings is 3. The fourth-order valence-corrected chi connectivity index (χ4v) is 2.58. The molecule has 5 nitrogen and oxygen atoms in total. The minimum Gasteiger partial charge on any atom is -0.484 e. The average molecular weight is 414 g/mol. The molecule has 30 heavy (non-hydrogen) atoms. The van der Waals surface area contributed by atoms with Crippen LogP contribution in [0.4, 0.5) is 24.5 Å². The molecule has 2 N–H and O–H groups in total. The first-order chi connectivity index (χ1) is 14.3. The van der Waals surface area contributed by atoms with Crippen LogP contribution in [0, 0.1) is 0 Å². The lowest BCUT2D eigenvalue weighted by Crippen LogP contribution is -2.20. The third-order valence-electron chi connectivity index (χ3n) is 3.97. The second kappa shape index (κ2) is 9.13. The molecule has 0 unspecified atom stereocenters. The summed E-state index contributed by atoms with van der Waals surface area (Å²) in [7, 11) is 0. The van der Waals surface area contributed by atoms with Crippen molar-refractivity contribution in [2.45, 2.75) is 6.18 Å². The molecule has 0 spiro atoms. The van der Waals surface area contributed by atoms with Crippen LogP contribution < -0.4 is 15.4 Å². The number of hydrogen-bond acceptors (Lipinski definition) is 3. The van der Waals surface area contributed by atoms with Crippen molar-refractivity contribution in [2.75, 3.05) is 17.2 Å². The molecule has 0 aliphatic rings. The van der Waals surface area contributed by atoms with Crippen LogP contribution in [0.5, 0.6) is 5.75 Å². The van der Waals surface area contributed by atoms with Crippen LogP contribution in [0.3, 0.4) is 0 Å².